The maximum Gasteiger partial charge on any atom is 0.203 e. The van der Waals surface area contributed by atoms with Crippen molar-refractivity contribution in [2.45, 2.75) is 39.3 Å². The van der Waals surface area contributed by atoms with Crippen LogP contribution in [-0.2, 0) is 6.42 Å². The van der Waals surface area contributed by atoms with E-state index in [0.29, 0.717) is 12.1 Å². The molecule has 1 N–H and O–H groups in total. The highest BCUT2D eigenvalue weighted by molar-refractivity contribution is 7.09. The molecule has 3 nitrogen and oxygen atoms in total. The van der Waals surface area contributed by atoms with Crippen LogP contribution < -0.4 is 5.32 Å². The summed E-state index contributed by atoms with van der Waals surface area (Å²) in [4.78, 5) is 5.77. The van der Waals surface area contributed by atoms with Crippen molar-refractivity contribution in [1.82, 2.24) is 9.55 Å². The van der Waals surface area contributed by atoms with E-state index in [1.807, 2.05) is 23.7 Å². The summed E-state index contributed by atoms with van der Waals surface area (Å²) >= 11 is 1.81. The minimum atomic E-state index is 0.397. The smallest absolute Gasteiger partial charge is 0.203 e. The zero-order valence-electron chi connectivity index (χ0n) is 10.6. The van der Waals surface area contributed by atoms with Crippen molar-refractivity contribution in [1.29, 1.82) is 0 Å². The molecule has 2 rings (SSSR count). The first-order chi connectivity index (χ1) is 8.16. The van der Waals surface area contributed by atoms with E-state index in [4.69, 9.17) is 0 Å². The number of hydrogen-bond acceptors (Lipinski definition) is 3. The van der Waals surface area contributed by atoms with Gasteiger partial charge in [-0.2, -0.15) is 0 Å². The Hall–Kier alpha value is -1.29. The van der Waals surface area contributed by atoms with Crippen LogP contribution in [0.25, 0.3) is 0 Å². The number of rotatable bonds is 5. The number of aromatic nitrogens is 2. The molecule has 0 aliphatic heterocycles. The Morgan fingerprint density at radius 3 is 2.88 bits per heavy atom. The summed E-state index contributed by atoms with van der Waals surface area (Å²) in [5.41, 5.74) is 0. The number of thiophene rings is 1. The molecule has 0 aromatic carbocycles. The number of imidazole rings is 1. The van der Waals surface area contributed by atoms with Crippen LogP contribution >= 0.6 is 11.3 Å². The van der Waals surface area contributed by atoms with Crippen LogP contribution in [-0.4, -0.2) is 15.6 Å². The minimum absolute atomic E-state index is 0.397. The van der Waals surface area contributed by atoms with Gasteiger partial charge in [-0.15, -0.1) is 11.3 Å². The zero-order chi connectivity index (χ0) is 12.3. The monoisotopic (exact) mass is 249 g/mol. The van der Waals surface area contributed by atoms with Crippen LogP contribution in [0.5, 0.6) is 0 Å². The van der Waals surface area contributed by atoms with Crippen molar-refractivity contribution in [3.05, 3.63) is 34.8 Å². The highest BCUT2D eigenvalue weighted by atomic mass is 32.1. The van der Waals surface area contributed by atoms with E-state index in [2.05, 4.69) is 53.2 Å². The molecule has 0 aliphatic carbocycles. The largest absolute Gasteiger partial charge is 0.353 e. The topological polar surface area (TPSA) is 29.9 Å². The van der Waals surface area contributed by atoms with E-state index >= 15 is 0 Å². The van der Waals surface area contributed by atoms with Crippen molar-refractivity contribution in [3.63, 3.8) is 0 Å². The molecule has 17 heavy (non-hydrogen) atoms. The van der Waals surface area contributed by atoms with E-state index in [9.17, 15) is 0 Å². The third-order valence-electron chi connectivity index (χ3n) is 2.69. The first kappa shape index (κ1) is 12.2. The molecule has 0 radical (unpaired) electrons. The fourth-order valence-corrected chi connectivity index (χ4v) is 2.68. The molecular weight excluding hydrogens is 230 g/mol. The van der Waals surface area contributed by atoms with Crippen LogP contribution in [0.4, 0.5) is 5.95 Å². The van der Waals surface area contributed by atoms with E-state index in [1.165, 1.54) is 4.88 Å². The maximum atomic E-state index is 4.36. The van der Waals surface area contributed by atoms with Gasteiger partial charge < -0.3 is 9.88 Å². The van der Waals surface area contributed by atoms with Crippen molar-refractivity contribution in [2.75, 3.05) is 5.32 Å². The molecule has 0 saturated carbocycles. The average molecular weight is 249 g/mol. The van der Waals surface area contributed by atoms with Gasteiger partial charge in [0.15, 0.2) is 0 Å². The van der Waals surface area contributed by atoms with Gasteiger partial charge in [0, 0.05) is 35.8 Å². The second-order valence-electron chi connectivity index (χ2n) is 4.58. The van der Waals surface area contributed by atoms with Crippen LogP contribution in [0.15, 0.2) is 29.9 Å². The first-order valence-corrected chi connectivity index (χ1v) is 6.86. The fourth-order valence-electron chi connectivity index (χ4n) is 1.84. The van der Waals surface area contributed by atoms with Gasteiger partial charge in [0.25, 0.3) is 0 Å². The summed E-state index contributed by atoms with van der Waals surface area (Å²) in [5.74, 6) is 0.962. The quantitative estimate of drug-likeness (QED) is 0.878. The lowest BCUT2D eigenvalue weighted by atomic mass is 10.2. The third-order valence-corrected chi connectivity index (χ3v) is 3.59. The maximum absolute atomic E-state index is 4.36. The van der Waals surface area contributed by atoms with Gasteiger partial charge in [0.05, 0.1) is 0 Å². The van der Waals surface area contributed by atoms with Crippen molar-refractivity contribution < 1.29 is 0 Å². The molecule has 0 amide bonds. The predicted molar refractivity (Wildman–Crippen MR) is 73.7 cm³/mol. The molecule has 1 atom stereocenters. The van der Waals surface area contributed by atoms with Gasteiger partial charge in [0.2, 0.25) is 5.95 Å². The summed E-state index contributed by atoms with van der Waals surface area (Å²) in [6.45, 7) is 6.52. The van der Waals surface area contributed by atoms with Crippen molar-refractivity contribution in [2.24, 2.45) is 0 Å². The molecule has 2 aromatic heterocycles. The van der Waals surface area contributed by atoms with Gasteiger partial charge in [-0.05, 0) is 32.2 Å². The summed E-state index contributed by atoms with van der Waals surface area (Å²) < 4.78 is 2.16. The summed E-state index contributed by atoms with van der Waals surface area (Å²) in [7, 11) is 0. The van der Waals surface area contributed by atoms with E-state index < -0.39 is 0 Å². The molecule has 4 heteroatoms. The highest BCUT2D eigenvalue weighted by Gasteiger charge is 2.09. The lowest BCUT2D eigenvalue weighted by Gasteiger charge is -2.17. The lowest BCUT2D eigenvalue weighted by molar-refractivity contribution is 0.599. The second-order valence-corrected chi connectivity index (χ2v) is 5.61. The molecule has 0 bridgehead atoms. The Balaban J connectivity index is 1.98. The van der Waals surface area contributed by atoms with Gasteiger partial charge in [0.1, 0.15) is 0 Å². The predicted octanol–water partition coefficient (Wildman–Crippen LogP) is 3.57. The Kier molecular flexibility index (Phi) is 3.84. The summed E-state index contributed by atoms with van der Waals surface area (Å²) in [6.07, 6.45) is 4.91. The van der Waals surface area contributed by atoms with E-state index in [-0.39, 0.29) is 0 Å². The number of anilines is 1. The summed E-state index contributed by atoms with van der Waals surface area (Å²) in [5, 5.41) is 5.59. The van der Waals surface area contributed by atoms with E-state index in [0.717, 1.165) is 12.4 Å². The Morgan fingerprint density at radius 2 is 2.24 bits per heavy atom. The van der Waals surface area contributed by atoms with Gasteiger partial charge in [-0.1, -0.05) is 6.07 Å². The molecule has 0 saturated heterocycles. The van der Waals surface area contributed by atoms with E-state index in [1.54, 1.807) is 0 Å². The van der Waals surface area contributed by atoms with Gasteiger partial charge >= 0.3 is 0 Å². The van der Waals surface area contributed by atoms with Crippen LogP contribution in [0, 0.1) is 0 Å². The Labute approximate surface area is 107 Å². The second kappa shape index (κ2) is 5.36. The number of hydrogen-bond donors (Lipinski definition) is 1. The number of nitrogens with one attached hydrogen (secondary N) is 1. The van der Waals surface area contributed by atoms with Crippen LogP contribution in [0.2, 0.25) is 0 Å². The Bertz CT molecular complexity index is 445. The molecule has 0 aliphatic rings. The Morgan fingerprint density at radius 1 is 1.41 bits per heavy atom. The molecule has 1 unspecified atom stereocenters. The minimum Gasteiger partial charge on any atom is -0.353 e. The standard InChI is InChI=1S/C13H19N3S/c1-10(2)16-7-6-14-13(16)15-11(3)9-12-5-4-8-17-12/h4-8,10-11H,9H2,1-3H3,(H,14,15). The van der Waals surface area contributed by atoms with Crippen molar-refractivity contribution in [3.8, 4) is 0 Å². The van der Waals surface area contributed by atoms with Crippen molar-refractivity contribution >= 4 is 17.3 Å². The molecule has 2 heterocycles. The fraction of sp³-hybridized carbons (Fsp3) is 0.462. The third kappa shape index (κ3) is 3.09. The van der Waals surface area contributed by atoms with Crippen LogP contribution in [0.3, 0.4) is 0 Å². The van der Waals surface area contributed by atoms with Crippen LogP contribution in [0.1, 0.15) is 31.7 Å². The normalized spacial score (nSPS) is 12.9. The van der Waals surface area contributed by atoms with Gasteiger partial charge in [-0.25, -0.2) is 4.98 Å². The molecule has 2 aromatic rings. The molecule has 0 spiro atoms. The average Bonchev–Trinajstić information content (AvgIpc) is 2.88. The zero-order valence-corrected chi connectivity index (χ0v) is 11.4. The van der Waals surface area contributed by atoms with Gasteiger partial charge in [-0.3, -0.25) is 0 Å². The molecule has 0 fully saturated rings. The molecular formula is C13H19N3S. The summed E-state index contributed by atoms with van der Waals surface area (Å²) in [6, 6.07) is 5.11. The first-order valence-electron chi connectivity index (χ1n) is 5.98. The highest BCUT2D eigenvalue weighted by Crippen LogP contribution is 2.16. The molecule has 92 valence electrons. The SMILES string of the molecule is CC(Cc1cccs1)Nc1nccn1C(C)C. The lowest BCUT2D eigenvalue weighted by Crippen LogP contribution is -2.20. The number of nitrogens with zero attached hydrogens (tertiary/aromatic N) is 2.